The van der Waals surface area contributed by atoms with Gasteiger partial charge in [0.05, 0.1) is 18.4 Å². The molecule has 2 rings (SSSR count). The van der Waals surface area contributed by atoms with E-state index in [4.69, 9.17) is 4.74 Å². The number of rotatable bonds is 5. The van der Waals surface area contributed by atoms with E-state index in [1.165, 1.54) is 11.3 Å². The van der Waals surface area contributed by atoms with Crippen molar-refractivity contribution in [3.8, 4) is 0 Å². The largest absolute Gasteiger partial charge is 0.392 e. The number of amides is 1. The zero-order chi connectivity index (χ0) is 15.5. The minimum absolute atomic E-state index is 0.105. The molecule has 2 atom stereocenters. The molecule has 1 saturated carbocycles. The van der Waals surface area contributed by atoms with Crippen molar-refractivity contribution in [2.24, 2.45) is 5.41 Å². The summed E-state index contributed by atoms with van der Waals surface area (Å²) in [4.78, 5) is 17.3. The van der Waals surface area contributed by atoms with E-state index in [9.17, 15) is 9.90 Å². The Kier molecular flexibility index (Phi) is 5.35. The van der Waals surface area contributed by atoms with E-state index in [-0.39, 0.29) is 17.4 Å². The molecule has 1 aromatic rings. The highest BCUT2D eigenvalue weighted by molar-refractivity contribution is 7.13. The van der Waals surface area contributed by atoms with E-state index in [0.717, 1.165) is 36.4 Å². The molecule has 0 aliphatic heterocycles. The van der Waals surface area contributed by atoms with Crippen LogP contribution in [0.5, 0.6) is 0 Å². The maximum atomic E-state index is 12.3. The Morgan fingerprint density at radius 1 is 1.57 bits per heavy atom. The normalized spacial score (nSPS) is 25.8. The number of carbonyl (C=O) groups is 1. The fraction of sp³-hybridized carbons (Fsp3) is 0.733. The third-order valence-electron chi connectivity index (χ3n) is 4.25. The van der Waals surface area contributed by atoms with Crippen LogP contribution in [0.4, 0.5) is 0 Å². The smallest absolute Gasteiger partial charge is 0.263 e. The van der Waals surface area contributed by atoms with Crippen LogP contribution < -0.4 is 5.32 Å². The van der Waals surface area contributed by atoms with Gasteiger partial charge in [-0.3, -0.25) is 4.79 Å². The van der Waals surface area contributed by atoms with E-state index in [1.807, 2.05) is 13.8 Å². The summed E-state index contributed by atoms with van der Waals surface area (Å²) in [6.07, 6.45) is 3.62. The molecule has 1 heterocycles. The van der Waals surface area contributed by atoms with Crippen molar-refractivity contribution in [1.82, 2.24) is 10.3 Å². The van der Waals surface area contributed by atoms with Crippen molar-refractivity contribution in [3.63, 3.8) is 0 Å². The first-order valence-corrected chi connectivity index (χ1v) is 8.19. The average molecular weight is 312 g/mol. The SMILES string of the molecule is COCc1nc(C)c(C(=O)NCC2(C)CCCCC2O)s1. The molecular weight excluding hydrogens is 288 g/mol. The fourth-order valence-corrected chi connectivity index (χ4v) is 3.75. The number of methoxy groups -OCH3 is 1. The van der Waals surface area contributed by atoms with Gasteiger partial charge in [0, 0.05) is 19.1 Å². The van der Waals surface area contributed by atoms with Gasteiger partial charge in [0.25, 0.3) is 5.91 Å². The number of thiazole rings is 1. The van der Waals surface area contributed by atoms with Crippen LogP contribution in [0.15, 0.2) is 0 Å². The maximum Gasteiger partial charge on any atom is 0.263 e. The number of aryl methyl sites for hydroxylation is 1. The lowest BCUT2D eigenvalue weighted by Crippen LogP contribution is -2.45. The molecule has 118 valence electrons. The van der Waals surface area contributed by atoms with E-state index >= 15 is 0 Å². The monoisotopic (exact) mass is 312 g/mol. The van der Waals surface area contributed by atoms with Crippen molar-refractivity contribution in [2.75, 3.05) is 13.7 Å². The molecule has 5 nitrogen and oxygen atoms in total. The molecule has 2 N–H and O–H groups in total. The Balaban J connectivity index is 1.98. The van der Waals surface area contributed by atoms with E-state index < -0.39 is 0 Å². The number of ether oxygens (including phenoxy) is 1. The van der Waals surface area contributed by atoms with Gasteiger partial charge in [-0.15, -0.1) is 11.3 Å². The van der Waals surface area contributed by atoms with E-state index in [0.29, 0.717) is 18.0 Å². The predicted octanol–water partition coefficient (Wildman–Crippen LogP) is 2.27. The van der Waals surface area contributed by atoms with Gasteiger partial charge >= 0.3 is 0 Å². The standard InChI is InChI=1S/C15H24N2O3S/c1-10-13(21-12(17-10)8-20-3)14(19)16-9-15(2)7-5-4-6-11(15)18/h11,18H,4-9H2,1-3H3,(H,16,19). The van der Waals surface area contributed by atoms with Crippen LogP contribution in [-0.4, -0.2) is 35.8 Å². The third-order valence-corrected chi connectivity index (χ3v) is 5.38. The van der Waals surface area contributed by atoms with E-state index in [1.54, 1.807) is 7.11 Å². The lowest BCUT2D eigenvalue weighted by Gasteiger charge is -2.38. The number of carbonyl (C=O) groups excluding carboxylic acids is 1. The number of nitrogens with one attached hydrogen (secondary N) is 1. The molecule has 1 aliphatic carbocycles. The molecule has 1 aliphatic rings. The Bertz CT molecular complexity index is 503. The Morgan fingerprint density at radius 3 is 3.00 bits per heavy atom. The number of aromatic nitrogens is 1. The van der Waals surface area contributed by atoms with Gasteiger partial charge in [0.1, 0.15) is 9.88 Å². The lowest BCUT2D eigenvalue weighted by molar-refractivity contribution is 0.00193. The van der Waals surface area contributed by atoms with Crippen LogP contribution in [0.3, 0.4) is 0 Å². The third kappa shape index (κ3) is 3.81. The van der Waals surface area contributed by atoms with Gasteiger partial charge in [-0.2, -0.15) is 0 Å². The summed E-state index contributed by atoms with van der Waals surface area (Å²) >= 11 is 1.37. The topological polar surface area (TPSA) is 71.5 Å². The highest BCUT2D eigenvalue weighted by Crippen LogP contribution is 2.35. The van der Waals surface area contributed by atoms with Crippen molar-refractivity contribution in [2.45, 2.75) is 52.2 Å². The summed E-state index contributed by atoms with van der Waals surface area (Å²) in [6.45, 7) is 4.81. The summed E-state index contributed by atoms with van der Waals surface area (Å²) < 4.78 is 5.04. The molecule has 0 radical (unpaired) electrons. The molecule has 1 fully saturated rings. The molecule has 0 spiro atoms. The summed E-state index contributed by atoms with van der Waals surface area (Å²) in [5.74, 6) is -0.105. The Morgan fingerprint density at radius 2 is 2.33 bits per heavy atom. The molecule has 21 heavy (non-hydrogen) atoms. The van der Waals surface area contributed by atoms with Crippen molar-refractivity contribution >= 4 is 17.2 Å². The van der Waals surface area contributed by atoms with Crippen LogP contribution in [0, 0.1) is 12.3 Å². The van der Waals surface area contributed by atoms with Crippen LogP contribution in [-0.2, 0) is 11.3 Å². The van der Waals surface area contributed by atoms with Crippen molar-refractivity contribution in [3.05, 3.63) is 15.6 Å². The van der Waals surface area contributed by atoms with Gasteiger partial charge in [-0.25, -0.2) is 4.98 Å². The van der Waals surface area contributed by atoms with Crippen molar-refractivity contribution in [1.29, 1.82) is 0 Å². The van der Waals surface area contributed by atoms with Gasteiger partial charge in [-0.1, -0.05) is 19.8 Å². The second-order valence-electron chi connectivity index (χ2n) is 6.05. The van der Waals surface area contributed by atoms with Gasteiger partial charge in [-0.05, 0) is 19.8 Å². The highest BCUT2D eigenvalue weighted by Gasteiger charge is 2.35. The lowest BCUT2D eigenvalue weighted by atomic mass is 9.73. The minimum atomic E-state index is -0.335. The van der Waals surface area contributed by atoms with Crippen LogP contribution in [0.25, 0.3) is 0 Å². The summed E-state index contributed by atoms with van der Waals surface area (Å²) in [5, 5.41) is 13.9. The number of hydrogen-bond donors (Lipinski definition) is 2. The molecule has 1 aromatic heterocycles. The molecular formula is C15H24N2O3S. The molecule has 0 saturated heterocycles. The van der Waals surface area contributed by atoms with Gasteiger partial charge in [0.2, 0.25) is 0 Å². The zero-order valence-electron chi connectivity index (χ0n) is 12.9. The number of nitrogens with zero attached hydrogens (tertiary/aromatic N) is 1. The zero-order valence-corrected chi connectivity index (χ0v) is 13.8. The first-order valence-electron chi connectivity index (χ1n) is 7.38. The number of hydrogen-bond acceptors (Lipinski definition) is 5. The van der Waals surface area contributed by atoms with Crippen LogP contribution in [0.1, 0.15) is 53.0 Å². The fourth-order valence-electron chi connectivity index (χ4n) is 2.80. The van der Waals surface area contributed by atoms with Crippen LogP contribution >= 0.6 is 11.3 Å². The molecule has 6 heteroatoms. The quantitative estimate of drug-likeness (QED) is 0.875. The van der Waals surface area contributed by atoms with Gasteiger partial charge < -0.3 is 15.2 Å². The summed E-state index contributed by atoms with van der Waals surface area (Å²) in [6, 6.07) is 0. The van der Waals surface area contributed by atoms with E-state index in [2.05, 4.69) is 10.3 Å². The van der Waals surface area contributed by atoms with Crippen LogP contribution in [0.2, 0.25) is 0 Å². The first kappa shape index (κ1) is 16.4. The maximum absolute atomic E-state index is 12.3. The van der Waals surface area contributed by atoms with Crippen molar-refractivity contribution < 1.29 is 14.6 Å². The minimum Gasteiger partial charge on any atom is -0.392 e. The average Bonchev–Trinajstić information content (AvgIpc) is 2.81. The van der Waals surface area contributed by atoms with Gasteiger partial charge in [0.15, 0.2) is 0 Å². The molecule has 0 bridgehead atoms. The Hall–Kier alpha value is -0.980. The molecule has 2 unspecified atom stereocenters. The second-order valence-corrected chi connectivity index (χ2v) is 7.14. The summed E-state index contributed by atoms with van der Waals surface area (Å²) in [7, 11) is 1.61. The number of aliphatic hydroxyl groups excluding tert-OH is 1. The molecule has 1 amide bonds. The second kappa shape index (κ2) is 6.85. The Labute approximate surface area is 129 Å². The highest BCUT2D eigenvalue weighted by atomic mass is 32.1. The summed E-state index contributed by atoms with van der Waals surface area (Å²) in [5.41, 5.74) is 0.515. The molecule has 0 aromatic carbocycles. The first-order chi connectivity index (χ1) is 9.96. The predicted molar refractivity (Wildman–Crippen MR) is 82.5 cm³/mol. The number of aliphatic hydroxyl groups is 1.